The lowest BCUT2D eigenvalue weighted by Crippen LogP contribution is -2.49. The Morgan fingerprint density at radius 1 is 1.10 bits per heavy atom. The van der Waals surface area contributed by atoms with Crippen molar-refractivity contribution in [3.05, 3.63) is 57.5 Å². The van der Waals surface area contributed by atoms with Crippen molar-refractivity contribution in [2.45, 2.75) is 20.3 Å². The largest absolute Gasteiger partial charge is 0.493 e. The number of ether oxygens (including phenoxy) is 2. The van der Waals surface area contributed by atoms with Crippen LogP contribution in [0.15, 0.2) is 46.9 Å². The third kappa shape index (κ3) is 9.12. The molecule has 0 atom stereocenters. The molecule has 0 radical (unpaired) electrons. The minimum atomic E-state index is -0.480. The highest BCUT2D eigenvalue weighted by atomic mass is 79.9. The lowest BCUT2D eigenvalue weighted by molar-refractivity contribution is -0.123. The van der Waals surface area contributed by atoms with Gasteiger partial charge in [0.1, 0.15) is 11.5 Å². The molecule has 2 amide bonds. The third-order valence-corrected chi connectivity index (χ3v) is 4.81. The molecule has 0 saturated heterocycles. The zero-order valence-electron chi connectivity index (χ0n) is 17.0. The Hall–Kier alpha value is -2.36. The standard InChI is InChI=1S/C21H23BrClN3O4S/c1-13(2)9-10-29-18-8-3-14(22)11-17(18)20(28)24-21(31)26-25-19(27)12-30-16-6-4-15(23)5-7-16/h3-8,11,13H,9-10,12H2,1-2H3,(H,25,27)(H2,24,26,28,31). The van der Waals surface area contributed by atoms with Crippen LogP contribution in [0.1, 0.15) is 30.6 Å². The van der Waals surface area contributed by atoms with Crippen LogP contribution in [0.5, 0.6) is 11.5 Å². The maximum atomic E-state index is 12.6. The van der Waals surface area contributed by atoms with Crippen LogP contribution < -0.4 is 25.6 Å². The monoisotopic (exact) mass is 527 g/mol. The van der Waals surface area contributed by atoms with Crippen molar-refractivity contribution in [2.24, 2.45) is 5.92 Å². The summed E-state index contributed by atoms with van der Waals surface area (Å²) in [5, 5.41) is 3.01. The van der Waals surface area contributed by atoms with E-state index in [9.17, 15) is 9.59 Å². The van der Waals surface area contributed by atoms with Gasteiger partial charge in [0, 0.05) is 9.50 Å². The maximum absolute atomic E-state index is 12.6. The van der Waals surface area contributed by atoms with E-state index in [1.54, 1.807) is 42.5 Å². The number of rotatable bonds is 8. The Labute approximate surface area is 199 Å². The van der Waals surface area contributed by atoms with Crippen molar-refractivity contribution in [1.29, 1.82) is 0 Å². The van der Waals surface area contributed by atoms with Crippen molar-refractivity contribution in [2.75, 3.05) is 13.2 Å². The molecule has 7 nitrogen and oxygen atoms in total. The van der Waals surface area contributed by atoms with Crippen LogP contribution in [-0.4, -0.2) is 30.1 Å². The van der Waals surface area contributed by atoms with E-state index in [1.807, 2.05) is 0 Å². The molecule has 2 aromatic carbocycles. The van der Waals surface area contributed by atoms with Crippen LogP contribution in [0.3, 0.4) is 0 Å². The molecule has 0 saturated carbocycles. The number of hydrazine groups is 1. The zero-order valence-corrected chi connectivity index (χ0v) is 20.2. The SMILES string of the molecule is CC(C)CCOc1ccc(Br)cc1C(=O)NC(=S)NNC(=O)COc1ccc(Cl)cc1. The number of nitrogens with one attached hydrogen (secondary N) is 3. The second kappa shape index (κ2) is 12.5. The third-order valence-electron chi connectivity index (χ3n) is 3.87. The van der Waals surface area contributed by atoms with Gasteiger partial charge in [-0.3, -0.25) is 25.8 Å². The van der Waals surface area contributed by atoms with Crippen LogP contribution in [0.2, 0.25) is 5.02 Å². The summed E-state index contributed by atoms with van der Waals surface area (Å²) >= 11 is 14.2. The van der Waals surface area contributed by atoms with Crippen LogP contribution in [0.25, 0.3) is 0 Å². The van der Waals surface area contributed by atoms with E-state index in [0.717, 1.165) is 10.9 Å². The normalized spacial score (nSPS) is 10.4. The second-order valence-electron chi connectivity index (χ2n) is 6.87. The van der Waals surface area contributed by atoms with E-state index < -0.39 is 11.8 Å². The molecule has 0 aliphatic heterocycles. The van der Waals surface area contributed by atoms with Gasteiger partial charge in [0.2, 0.25) is 0 Å². The summed E-state index contributed by atoms with van der Waals surface area (Å²) < 4.78 is 11.8. The topological polar surface area (TPSA) is 88.7 Å². The first-order valence-corrected chi connectivity index (χ1v) is 11.0. The minimum absolute atomic E-state index is 0.0713. The van der Waals surface area contributed by atoms with Crippen molar-refractivity contribution in [3.63, 3.8) is 0 Å². The van der Waals surface area contributed by atoms with Gasteiger partial charge < -0.3 is 9.47 Å². The molecule has 0 aliphatic rings. The molecule has 0 aliphatic carbocycles. The highest BCUT2D eigenvalue weighted by Crippen LogP contribution is 2.24. The number of thiocarbonyl (C=S) groups is 1. The van der Waals surface area contributed by atoms with Gasteiger partial charge in [-0.05, 0) is 67.0 Å². The first-order valence-electron chi connectivity index (χ1n) is 9.45. The fourth-order valence-electron chi connectivity index (χ4n) is 2.25. The first-order chi connectivity index (χ1) is 14.7. The van der Waals surface area contributed by atoms with Crippen molar-refractivity contribution >= 4 is 56.7 Å². The Kier molecular flexibility index (Phi) is 10.0. The summed E-state index contributed by atoms with van der Waals surface area (Å²) in [7, 11) is 0. The minimum Gasteiger partial charge on any atom is -0.493 e. The lowest BCUT2D eigenvalue weighted by atomic mass is 10.1. The molecule has 166 valence electrons. The molecule has 2 rings (SSSR count). The molecule has 0 unspecified atom stereocenters. The average molecular weight is 529 g/mol. The number of halogens is 2. The van der Waals surface area contributed by atoms with Crippen molar-refractivity contribution in [1.82, 2.24) is 16.2 Å². The van der Waals surface area contributed by atoms with E-state index in [0.29, 0.717) is 34.6 Å². The number of benzene rings is 2. The quantitative estimate of drug-likeness (QED) is 0.351. The Balaban J connectivity index is 1.83. The van der Waals surface area contributed by atoms with Gasteiger partial charge in [0.25, 0.3) is 11.8 Å². The maximum Gasteiger partial charge on any atom is 0.276 e. The zero-order chi connectivity index (χ0) is 22.8. The van der Waals surface area contributed by atoms with E-state index in [1.165, 1.54) is 0 Å². The molecule has 0 bridgehead atoms. The van der Waals surface area contributed by atoms with E-state index in [2.05, 4.69) is 45.9 Å². The molecule has 0 aromatic heterocycles. The van der Waals surface area contributed by atoms with Crippen LogP contribution in [0, 0.1) is 5.92 Å². The number of carbonyl (C=O) groups is 2. The van der Waals surface area contributed by atoms with E-state index >= 15 is 0 Å². The van der Waals surface area contributed by atoms with Gasteiger partial charge in [-0.25, -0.2) is 0 Å². The van der Waals surface area contributed by atoms with E-state index in [4.69, 9.17) is 33.3 Å². The summed E-state index contributed by atoms with van der Waals surface area (Å²) in [6.45, 7) is 4.44. The number of hydrogen-bond donors (Lipinski definition) is 3. The Morgan fingerprint density at radius 2 is 1.81 bits per heavy atom. The molecular formula is C21H23BrClN3O4S. The molecule has 0 heterocycles. The summed E-state index contributed by atoms with van der Waals surface area (Å²) in [6, 6.07) is 11.7. The van der Waals surface area contributed by atoms with Gasteiger partial charge >= 0.3 is 0 Å². The average Bonchev–Trinajstić information content (AvgIpc) is 2.72. The van der Waals surface area contributed by atoms with Gasteiger partial charge in [-0.15, -0.1) is 0 Å². The smallest absolute Gasteiger partial charge is 0.276 e. The highest BCUT2D eigenvalue weighted by molar-refractivity contribution is 9.10. The summed E-state index contributed by atoms with van der Waals surface area (Å²) in [4.78, 5) is 24.5. The van der Waals surface area contributed by atoms with Gasteiger partial charge in [-0.1, -0.05) is 41.4 Å². The predicted octanol–water partition coefficient (Wildman–Crippen LogP) is 4.24. The fraction of sp³-hybridized carbons (Fsp3) is 0.286. The van der Waals surface area contributed by atoms with Crippen molar-refractivity contribution < 1.29 is 19.1 Å². The number of carbonyl (C=O) groups excluding carboxylic acids is 2. The van der Waals surface area contributed by atoms with Gasteiger partial charge in [0.15, 0.2) is 11.7 Å². The predicted molar refractivity (Wildman–Crippen MR) is 127 cm³/mol. The summed E-state index contributed by atoms with van der Waals surface area (Å²) in [6.07, 6.45) is 0.862. The van der Waals surface area contributed by atoms with E-state index in [-0.39, 0.29) is 11.7 Å². The molecule has 10 heteroatoms. The molecule has 2 aromatic rings. The fourth-order valence-corrected chi connectivity index (χ4v) is 2.88. The van der Waals surface area contributed by atoms with Crippen molar-refractivity contribution in [3.8, 4) is 11.5 Å². The summed E-state index contributed by atoms with van der Waals surface area (Å²) in [5.41, 5.74) is 5.14. The number of amides is 2. The second-order valence-corrected chi connectivity index (χ2v) is 8.63. The number of hydrogen-bond acceptors (Lipinski definition) is 5. The van der Waals surface area contributed by atoms with Crippen LogP contribution >= 0.6 is 39.7 Å². The summed E-state index contributed by atoms with van der Waals surface area (Å²) in [5.74, 6) is 0.480. The molecule has 3 N–H and O–H groups in total. The molecule has 0 spiro atoms. The van der Waals surface area contributed by atoms with Crippen LogP contribution in [0.4, 0.5) is 0 Å². The first kappa shape index (κ1) is 24.9. The Morgan fingerprint density at radius 3 is 2.48 bits per heavy atom. The van der Waals surface area contributed by atoms with Gasteiger partial charge in [0.05, 0.1) is 12.2 Å². The molecule has 31 heavy (non-hydrogen) atoms. The lowest BCUT2D eigenvalue weighted by Gasteiger charge is -2.14. The Bertz CT molecular complexity index is 925. The molecular weight excluding hydrogens is 506 g/mol. The van der Waals surface area contributed by atoms with Crippen LogP contribution in [-0.2, 0) is 4.79 Å². The van der Waals surface area contributed by atoms with Gasteiger partial charge in [-0.2, -0.15) is 0 Å². The molecule has 0 fully saturated rings. The highest BCUT2D eigenvalue weighted by Gasteiger charge is 2.15.